The molecule has 0 bridgehead atoms. The zero-order chi connectivity index (χ0) is 27.2. The maximum Gasteiger partial charge on any atom is 0.501 e. The van der Waals surface area contributed by atoms with Gasteiger partial charge in [-0.15, -0.1) is 0 Å². The van der Waals surface area contributed by atoms with Crippen molar-refractivity contribution in [3.05, 3.63) is 76.5 Å². The molecule has 1 saturated heterocycles. The molecule has 5 rings (SSSR count). The van der Waals surface area contributed by atoms with E-state index in [1.165, 1.54) is 11.0 Å². The molecule has 1 N–H and O–H groups in total. The number of alkyl halides is 3. The van der Waals surface area contributed by atoms with Crippen molar-refractivity contribution >= 4 is 26.4 Å². The second kappa shape index (κ2) is 9.50. The molecule has 0 unspecified atom stereocenters. The summed E-state index contributed by atoms with van der Waals surface area (Å²) in [5.74, 6) is -0.396. The van der Waals surface area contributed by atoms with Crippen LogP contribution in [0.5, 0.6) is 5.88 Å². The van der Waals surface area contributed by atoms with E-state index in [1.54, 1.807) is 19.2 Å². The van der Waals surface area contributed by atoms with Gasteiger partial charge in [-0.25, -0.2) is 17.8 Å². The molecule has 0 saturated carbocycles. The molecule has 1 aliphatic rings. The van der Waals surface area contributed by atoms with Gasteiger partial charge in [0, 0.05) is 30.4 Å². The number of aromatic hydroxyl groups is 1. The number of benzene rings is 2. The van der Waals surface area contributed by atoms with Crippen molar-refractivity contribution < 1.29 is 26.7 Å². The Kier molecular flexibility index (Phi) is 6.46. The summed E-state index contributed by atoms with van der Waals surface area (Å²) in [5.41, 5.74) is -3.13. The highest BCUT2D eigenvalue weighted by atomic mass is 32.2. The van der Waals surface area contributed by atoms with E-state index in [2.05, 4.69) is 9.88 Å². The molecule has 0 aliphatic carbocycles. The first-order valence-electron chi connectivity index (χ1n) is 12.0. The van der Waals surface area contributed by atoms with E-state index in [0.29, 0.717) is 0 Å². The standard InChI is InChI=1S/C26H25F3N4O4S/c1-17-24(34)33(19-5-8-21(9-6-19)38(36,37)26(27,28)29)25(35)32(17)16-18-11-12-30-23-15-20(7-10-22(18)23)31-13-3-2-4-14-31/h5-12,15,34H,2-4,13-14,16H2,1H3. The van der Waals surface area contributed by atoms with E-state index >= 15 is 0 Å². The molecule has 2 aromatic carbocycles. The van der Waals surface area contributed by atoms with Crippen molar-refractivity contribution in [3.8, 4) is 11.6 Å². The Morgan fingerprint density at radius 3 is 2.29 bits per heavy atom. The lowest BCUT2D eigenvalue weighted by Gasteiger charge is -2.29. The van der Waals surface area contributed by atoms with Crippen molar-refractivity contribution in [2.45, 2.75) is 43.1 Å². The van der Waals surface area contributed by atoms with Crippen molar-refractivity contribution in [2.75, 3.05) is 18.0 Å². The Labute approximate surface area is 216 Å². The molecule has 2 aromatic heterocycles. The fourth-order valence-corrected chi connectivity index (χ4v) is 5.58. The number of fused-ring (bicyclic) bond motifs is 1. The molecule has 4 aromatic rings. The minimum absolute atomic E-state index is 0.0289. The van der Waals surface area contributed by atoms with Gasteiger partial charge in [0.25, 0.3) is 9.84 Å². The van der Waals surface area contributed by atoms with E-state index in [4.69, 9.17) is 0 Å². The van der Waals surface area contributed by atoms with Crippen LogP contribution in [0.2, 0.25) is 0 Å². The summed E-state index contributed by atoms with van der Waals surface area (Å²) in [6, 6.07) is 11.4. The Morgan fingerprint density at radius 2 is 1.63 bits per heavy atom. The van der Waals surface area contributed by atoms with E-state index in [-0.39, 0.29) is 17.9 Å². The molecule has 200 valence electrons. The molecule has 1 aliphatic heterocycles. The van der Waals surface area contributed by atoms with Gasteiger partial charge in [0.05, 0.1) is 28.3 Å². The number of pyridine rings is 1. The average molecular weight is 547 g/mol. The Morgan fingerprint density at radius 1 is 0.974 bits per heavy atom. The SMILES string of the molecule is Cc1c(O)n(-c2ccc(S(=O)(=O)C(F)(F)F)cc2)c(=O)n1Cc1ccnc2cc(N3CCCCC3)ccc12. The van der Waals surface area contributed by atoms with Crippen LogP contribution >= 0.6 is 0 Å². The van der Waals surface area contributed by atoms with Crippen LogP contribution < -0.4 is 10.6 Å². The summed E-state index contributed by atoms with van der Waals surface area (Å²) in [6.07, 6.45) is 5.18. The molecular weight excluding hydrogens is 521 g/mol. The van der Waals surface area contributed by atoms with Crippen LogP contribution in [0.15, 0.2) is 64.4 Å². The summed E-state index contributed by atoms with van der Waals surface area (Å²) in [7, 11) is -5.53. The number of rotatable bonds is 5. The Bertz CT molecular complexity index is 1670. The highest BCUT2D eigenvalue weighted by Gasteiger charge is 2.46. The quantitative estimate of drug-likeness (QED) is 0.395. The lowest BCUT2D eigenvalue weighted by Crippen LogP contribution is -2.29. The second-order valence-corrected chi connectivity index (χ2v) is 11.2. The van der Waals surface area contributed by atoms with E-state index < -0.39 is 31.8 Å². The molecule has 0 spiro atoms. The van der Waals surface area contributed by atoms with Crippen molar-refractivity contribution in [2.24, 2.45) is 0 Å². The van der Waals surface area contributed by atoms with Gasteiger partial charge in [0.2, 0.25) is 5.88 Å². The normalized spacial score (nSPS) is 14.8. The number of halogens is 3. The molecule has 3 heterocycles. The van der Waals surface area contributed by atoms with Gasteiger partial charge in [0.1, 0.15) is 0 Å². The summed E-state index contributed by atoms with van der Waals surface area (Å²) in [5, 5.41) is 11.6. The second-order valence-electron chi connectivity index (χ2n) is 9.28. The van der Waals surface area contributed by atoms with Crippen molar-refractivity contribution in [3.63, 3.8) is 0 Å². The maximum atomic E-state index is 13.3. The number of hydrogen-bond donors (Lipinski definition) is 1. The zero-order valence-corrected chi connectivity index (χ0v) is 21.3. The fraction of sp³-hybridized carbons (Fsp3) is 0.308. The highest BCUT2D eigenvalue weighted by Crippen LogP contribution is 2.31. The van der Waals surface area contributed by atoms with Crippen LogP contribution in [0.1, 0.15) is 30.5 Å². The van der Waals surface area contributed by atoms with Crippen LogP contribution in [0.4, 0.5) is 18.9 Å². The van der Waals surface area contributed by atoms with Crippen LogP contribution in [0.3, 0.4) is 0 Å². The predicted octanol–water partition coefficient (Wildman–Crippen LogP) is 4.53. The van der Waals surface area contributed by atoms with Gasteiger partial charge in [-0.3, -0.25) is 9.55 Å². The van der Waals surface area contributed by atoms with E-state index in [0.717, 1.165) is 76.9 Å². The van der Waals surface area contributed by atoms with Crippen LogP contribution in [-0.2, 0) is 16.4 Å². The monoisotopic (exact) mass is 546 g/mol. The molecular formula is C26H25F3N4O4S. The molecule has 0 atom stereocenters. The highest BCUT2D eigenvalue weighted by molar-refractivity contribution is 7.92. The number of hydrogen-bond acceptors (Lipinski definition) is 6. The molecule has 12 heteroatoms. The molecule has 38 heavy (non-hydrogen) atoms. The largest absolute Gasteiger partial charge is 0.501 e. The topological polar surface area (TPSA) is 97.4 Å². The van der Waals surface area contributed by atoms with Gasteiger partial charge in [0.15, 0.2) is 0 Å². The zero-order valence-electron chi connectivity index (χ0n) is 20.4. The van der Waals surface area contributed by atoms with E-state index in [1.807, 2.05) is 18.2 Å². The number of aromatic nitrogens is 3. The van der Waals surface area contributed by atoms with Gasteiger partial charge in [-0.05, 0) is 74.2 Å². The first-order chi connectivity index (χ1) is 18.0. The Hall–Kier alpha value is -3.80. The summed E-state index contributed by atoms with van der Waals surface area (Å²) in [6.45, 7) is 3.66. The van der Waals surface area contributed by atoms with E-state index in [9.17, 15) is 31.5 Å². The fourth-order valence-electron chi connectivity index (χ4n) is 4.82. The lowest BCUT2D eigenvalue weighted by molar-refractivity contribution is -0.0436. The number of piperidine rings is 1. The van der Waals surface area contributed by atoms with Crippen molar-refractivity contribution in [1.82, 2.24) is 14.1 Å². The third-order valence-corrected chi connectivity index (χ3v) is 8.44. The average Bonchev–Trinajstić information content (AvgIpc) is 3.11. The van der Waals surface area contributed by atoms with Crippen molar-refractivity contribution in [1.29, 1.82) is 0 Å². The smallest absolute Gasteiger partial charge is 0.493 e. The van der Waals surface area contributed by atoms with Crippen LogP contribution in [-0.4, -0.2) is 46.2 Å². The Balaban J connectivity index is 1.49. The van der Waals surface area contributed by atoms with Crippen LogP contribution in [0.25, 0.3) is 16.6 Å². The summed E-state index contributed by atoms with van der Waals surface area (Å²) in [4.78, 5) is 19.2. The maximum absolute atomic E-state index is 13.3. The van der Waals surface area contributed by atoms with Gasteiger partial charge in [-0.1, -0.05) is 6.07 Å². The van der Waals surface area contributed by atoms with Gasteiger partial charge < -0.3 is 10.0 Å². The predicted molar refractivity (Wildman–Crippen MR) is 137 cm³/mol. The minimum Gasteiger partial charge on any atom is -0.493 e. The molecule has 1 fully saturated rings. The third kappa shape index (κ3) is 4.42. The number of anilines is 1. The summed E-state index contributed by atoms with van der Waals surface area (Å²) < 4.78 is 64.2. The molecule has 0 radical (unpaired) electrons. The molecule has 8 nitrogen and oxygen atoms in total. The first kappa shape index (κ1) is 25.8. The van der Waals surface area contributed by atoms with Gasteiger partial charge in [-0.2, -0.15) is 13.2 Å². The molecule has 0 amide bonds. The third-order valence-electron chi connectivity index (χ3n) is 6.94. The lowest BCUT2D eigenvalue weighted by atomic mass is 10.1. The summed E-state index contributed by atoms with van der Waals surface area (Å²) >= 11 is 0. The number of imidazole rings is 1. The number of sulfone groups is 1. The number of nitrogens with zero attached hydrogens (tertiary/aromatic N) is 4. The first-order valence-corrected chi connectivity index (χ1v) is 13.5. The van der Waals surface area contributed by atoms with Gasteiger partial charge >= 0.3 is 11.2 Å². The minimum atomic E-state index is -5.53. The van der Waals surface area contributed by atoms with Crippen LogP contribution in [0, 0.1) is 6.92 Å².